The lowest BCUT2D eigenvalue weighted by Crippen LogP contribution is -2.76. The number of unbranched alkanes of at least 4 members (excludes halogenated alkanes) is 1. The molecule has 4 rings (SSSR count). The van der Waals surface area contributed by atoms with E-state index in [4.69, 9.17) is 0 Å². The molecule has 4 amide bonds. The van der Waals surface area contributed by atoms with Crippen molar-refractivity contribution in [2.75, 3.05) is 26.2 Å². The summed E-state index contributed by atoms with van der Waals surface area (Å²) >= 11 is 0. The van der Waals surface area contributed by atoms with Crippen molar-refractivity contribution in [3.63, 3.8) is 0 Å². The number of rotatable bonds is 9. The average Bonchev–Trinajstić information content (AvgIpc) is 2.91. The molecule has 1 N–H and O–H groups in total. The number of hydrazine groups is 1. The van der Waals surface area contributed by atoms with Crippen LogP contribution in [-0.4, -0.2) is 76.0 Å². The van der Waals surface area contributed by atoms with Gasteiger partial charge in [0.2, 0.25) is 11.8 Å². The Morgan fingerprint density at radius 1 is 1.03 bits per heavy atom. The molecule has 37 heavy (non-hydrogen) atoms. The highest BCUT2D eigenvalue weighted by molar-refractivity contribution is 5.91. The zero-order valence-corrected chi connectivity index (χ0v) is 21.6. The molecule has 0 bridgehead atoms. The van der Waals surface area contributed by atoms with E-state index >= 15 is 0 Å². The molecule has 0 aliphatic carbocycles. The van der Waals surface area contributed by atoms with Gasteiger partial charge < -0.3 is 15.1 Å². The molecule has 2 aromatic carbocycles. The first-order valence-corrected chi connectivity index (χ1v) is 13.1. The van der Waals surface area contributed by atoms with E-state index in [-0.39, 0.29) is 36.8 Å². The smallest absolute Gasteiger partial charge is 0.334 e. The molecular formula is C28H36FN5O3. The standard InChI is InChI=1S/C28H36FN5O3/c1-3-5-11-24-27(36)31(17-16-21-12-14-23(29)15-13-21)19-25-33(24)26(35)20-32(4-2)34(25)28(37)30-18-22-9-7-6-8-10-22/h6-10,12-15,24-25H,3-5,11,16-20H2,1-2H3,(H,30,37)/t24-,25-/m0/s1. The van der Waals surface area contributed by atoms with Gasteiger partial charge in [-0.1, -0.05) is 69.2 Å². The number of nitrogens with one attached hydrogen (secondary N) is 1. The minimum Gasteiger partial charge on any atom is -0.337 e. The molecule has 0 radical (unpaired) electrons. The Morgan fingerprint density at radius 2 is 1.76 bits per heavy atom. The van der Waals surface area contributed by atoms with E-state index in [0.29, 0.717) is 32.5 Å². The third-order valence-corrected chi connectivity index (χ3v) is 7.10. The maximum atomic E-state index is 13.6. The van der Waals surface area contributed by atoms with Crippen molar-refractivity contribution < 1.29 is 18.8 Å². The molecule has 198 valence electrons. The van der Waals surface area contributed by atoms with Gasteiger partial charge in [0.05, 0.1) is 13.1 Å². The average molecular weight is 510 g/mol. The second-order valence-corrected chi connectivity index (χ2v) is 9.57. The van der Waals surface area contributed by atoms with Gasteiger partial charge in [-0.2, -0.15) is 0 Å². The van der Waals surface area contributed by atoms with Gasteiger partial charge in [-0.25, -0.2) is 19.2 Å². The largest absolute Gasteiger partial charge is 0.337 e. The van der Waals surface area contributed by atoms with Gasteiger partial charge in [0.1, 0.15) is 18.0 Å². The number of carbonyl (C=O) groups excluding carboxylic acids is 3. The van der Waals surface area contributed by atoms with Crippen LogP contribution in [0.4, 0.5) is 9.18 Å². The monoisotopic (exact) mass is 509 g/mol. The van der Waals surface area contributed by atoms with Gasteiger partial charge in [0.15, 0.2) is 0 Å². The quantitative estimate of drug-likeness (QED) is 0.562. The predicted molar refractivity (Wildman–Crippen MR) is 138 cm³/mol. The SMILES string of the molecule is CCCC[C@H]1C(=O)N(CCc2ccc(F)cc2)C[C@H]2N1C(=O)CN(CC)N2C(=O)NCc1ccccc1. The zero-order valence-electron chi connectivity index (χ0n) is 21.6. The molecule has 2 atom stereocenters. The Balaban J connectivity index is 1.57. The summed E-state index contributed by atoms with van der Waals surface area (Å²) in [6.07, 6.45) is 2.22. The highest BCUT2D eigenvalue weighted by atomic mass is 19.1. The summed E-state index contributed by atoms with van der Waals surface area (Å²) in [4.78, 5) is 43.8. The van der Waals surface area contributed by atoms with E-state index in [1.165, 1.54) is 12.1 Å². The Morgan fingerprint density at radius 3 is 2.43 bits per heavy atom. The number of likely N-dealkylation sites (N-methyl/N-ethyl adjacent to an activating group) is 1. The van der Waals surface area contributed by atoms with Gasteiger partial charge in [0, 0.05) is 19.6 Å². The molecule has 2 heterocycles. The fourth-order valence-corrected chi connectivity index (χ4v) is 5.11. The second-order valence-electron chi connectivity index (χ2n) is 9.57. The minimum absolute atomic E-state index is 0.0528. The topological polar surface area (TPSA) is 76.2 Å². The van der Waals surface area contributed by atoms with Crippen LogP contribution in [0, 0.1) is 5.82 Å². The Labute approximate surface area is 218 Å². The summed E-state index contributed by atoms with van der Waals surface area (Å²) in [5.41, 5.74) is 1.90. The number of hydrogen-bond donors (Lipinski definition) is 1. The van der Waals surface area contributed by atoms with Crippen LogP contribution in [0.25, 0.3) is 0 Å². The summed E-state index contributed by atoms with van der Waals surface area (Å²) in [6.45, 7) is 5.52. The van der Waals surface area contributed by atoms with Gasteiger partial charge >= 0.3 is 6.03 Å². The van der Waals surface area contributed by atoms with Crippen LogP contribution in [0.15, 0.2) is 54.6 Å². The number of nitrogens with zero attached hydrogens (tertiary/aromatic N) is 4. The van der Waals surface area contributed by atoms with Crippen LogP contribution >= 0.6 is 0 Å². The maximum Gasteiger partial charge on any atom is 0.334 e. The zero-order chi connectivity index (χ0) is 26.4. The Hall–Kier alpha value is -3.46. The molecule has 0 saturated carbocycles. The van der Waals surface area contributed by atoms with Crippen LogP contribution in [0.5, 0.6) is 0 Å². The van der Waals surface area contributed by atoms with Gasteiger partial charge in [0.25, 0.3) is 0 Å². The molecule has 2 aromatic rings. The number of piperazine rings is 1. The van der Waals surface area contributed by atoms with Crippen molar-refractivity contribution in [1.82, 2.24) is 25.1 Å². The number of carbonyl (C=O) groups is 3. The Kier molecular flexibility index (Phi) is 8.76. The van der Waals surface area contributed by atoms with Crippen molar-refractivity contribution in [2.24, 2.45) is 0 Å². The van der Waals surface area contributed by atoms with Gasteiger partial charge in [-0.15, -0.1) is 0 Å². The number of urea groups is 1. The summed E-state index contributed by atoms with van der Waals surface area (Å²) in [7, 11) is 0. The Bertz CT molecular complexity index is 1080. The van der Waals surface area contributed by atoms with E-state index in [1.54, 1.807) is 32.0 Å². The molecule has 0 spiro atoms. The van der Waals surface area contributed by atoms with E-state index < -0.39 is 12.2 Å². The van der Waals surface area contributed by atoms with Crippen molar-refractivity contribution in [3.8, 4) is 0 Å². The molecular weight excluding hydrogens is 473 g/mol. The van der Waals surface area contributed by atoms with E-state index in [9.17, 15) is 18.8 Å². The number of amides is 4. The summed E-state index contributed by atoms with van der Waals surface area (Å²) < 4.78 is 13.3. The first kappa shape index (κ1) is 26.6. The summed E-state index contributed by atoms with van der Waals surface area (Å²) in [6, 6.07) is 15.0. The lowest BCUT2D eigenvalue weighted by Gasteiger charge is -2.55. The van der Waals surface area contributed by atoms with E-state index in [1.807, 2.05) is 37.3 Å². The van der Waals surface area contributed by atoms with Crippen LogP contribution in [0.3, 0.4) is 0 Å². The van der Waals surface area contributed by atoms with E-state index in [2.05, 4.69) is 12.2 Å². The van der Waals surface area contributed by atoms with Crippen molar-refractivity contribution in [3.05, 3.63) is 71.5 Å². The highest BCUT2D eigenvalue weighted by Gasteiger charge is 2.50. The van der Waals surface area contributed by atoms with E-state index in [0.717, 1.165) is 24.0 Å². The molecule has 2 fully saturated rings. The fraction of sp³-hybridized carbons (Fsp3) is 0.464. The van der Waals surface area contributed by atoms with Gasteiger partial charge in [-0.3, -0.25) is 9.59 Å². The van der Waals surface area contributed by atoms with Crippen molar-refractivity contribution in [1.29, 1.82) is 0 Å². The van der Waals surface area contributed by atoms with Crippen molar-refractivity contribution >= 4 is 17.8 Å². The third kappa shape index (κ3) is 6.10. The first-order valence-electron chi connectivity index (χ1n) is 13.1. The van der Waals surface area contributed by atoms with Crippen LogP contribution < -0.4 is 5.32 Å². The number of benzene rings is 2. The number of halogens is 1. The molecule has 0 aromatic heterocycles. The van der Waals surface area contributed by atoms with Gasteiger partial charge in [-0.05, 0) is 36.1 Å². The normalized spacial score (nSPS) is 20.2. The minimum atomic E-state index is -0.608. The molecule has 0 unspecified atom stereocenters. The summed E-state index contributed by atoms with van der Waals surface area (Å²) in [5.74, 6) is -0.521. The molecule has 2 aliphatic rings. The lowest BCUT2D eigenvalue weighted by atomic mass is 10.0. The highest BCUT2D eigenvalue weighted by Crippen LogP contribution is 2.29. The predicted octanol–water partition coefficient (Wildman–Crippen LogP) is 3.39. The number of hydrogen-bond acceptors (Lipinski definition) is 4. The van der Waals surface area contributed by atoms with Crippen LogP contribution in [0.2, 0.25) is 0 Å². The second kappa shape index (κ2) is 12.2. The molecule has 2 aliphatic heterocycles. The maximum absolute atomic E-state index is 13.6. The number of fused-ring (bicyclic) bond motifs is 1. The molecule has 9 heteroatoms. The van der Waals surface area contributed by atoms with Crippen LogP contribution in [0.1, 0.15) is 44.2 Å². The fourth-order valence-electron chi connectivity index (χ4n) is 5.11. The summed E-state index contributed by atoms with van der Waals surface area (Å²) in [5, 5.41) is 6.38. The third-order valence-electron chi connectivity index (χ3n) is 7.10. The lowest BCUT2D eigenvalue weighted by molar-refractivity contribution is -0.190. The molecule has 2 saturated heterocycles. The van der Waals surface area contributed by atoms with Crippen molar-refractivity contribution in [2.45, 2.75) is 58.3 Å². The molecule has 8 nitrogen and oxygen atoms in total. The first-order chi connectivity index (χ1) is 17.9. The van der Waals surface area contributed by atoms with Crippen LogP contribution in [-0.2, 0) is 22.6 Å².